The quantitative estimate of drug-likeness (QED) is 0.571. The van der Waals surface area contributed by atoms with E-state index in [1.807, 2.05) is 0 Å². The van der Waals surface area contributed by atoms with E-state index in [0.29, 0.717) is 11.3 Å². The first-order chi connectivity index (χ1) is 5.45. The molecule has 0 saturated carbocycles. The predicted octanol–water partition coefficient (Wildman–Crippen LogP) is 3.54. The molecule has 12 heavy (non-hydrogen) atoms. The maximum Gasteiger partial charge on any atom is 0.0357 e. The van der Waals surface area contributed by atoms with Crippen LogP contribution in [-0.2, 0) is 0 Å². The van der Waals surface area contributed by atoms with Crippen molar-refractivity contribution in [3.05, 3.63) is 0 Å². The second-order valence-corrected chi connectivity index (χ2v) is 4.72. The van der Waals surface area contributed by atoms with E-state index in [1.165, 1.54) is 12.8 Å². The largest absolute Gasteiger partial charge is 0.298 e. The van der Waals surface area contributed by atoms with Gasteiger partial charge in [0.1, 0.15) is 0 Å². The molecule has 0 aromatic heterocycles. The lowest BCUT2D eigenvalue weighted by molar-refractivity contribution is 0.352. The topological polar surface area (TPSA) is 12.4 Å². The summed E-state index contributed by atoms with van der Waals surface area (Å²) >= 11 is 0. The van der Waals surface area contributed by atoms with Gasteiger partial charge in [-0.05, 0) is 31.1 Å². The molecule has 0 saturated heterocycles. The zero-order chi connectivity index (χ0) is 9.61. The molecule has 0 spiro atoms. The van der Waals surface area contributed by atoms with Crippen molar-refractivity contribution >= 4 is 6.21 Å². The molecule has 0 bridgehead atoms. The summed E-state index contributed by atoms with van der Waals surface area (Å²) in [5.41, 5.74) is 0.467. The van der Waals surface area contributed by atoms with Crippen molar-refractivity contribution < 1.29 is 0 Å². The molecule has 1 nitrogen and oxygen atoms in total. The van der Waals surface area contributed by atoms with Crippen molar-refractivity contribution in [2.45, 2.75) is 47.5 Å². The van der Waals surface area contributed by atoms with Crippen LogP contribution in [0.2, 0.25) is 0 Å². The van der Waals surface area contributed by atoms with Gasteiger partial charge >= 0.3 is 0 Å². The van der Waals surface area contributed by atoms with E-state index in [-0.39, 0.29) is 0 Å². The van der Waals surface area contributed by atoms with Crippen LogP contribution in [0.15, 0.2) is 4.99 Å². The summed E-state index contributed by atoms with van der Waals surface area (Å²) in [4.78, 5) is 4.25. The lowest BCUT2D eigenvalue weighted by atomic mass is 9.87. The van der Waals surface area contributed by atoms with Crippen LogP contribution in [0.3, 0.4) is 0 Å². The summed E-state index contributed by atoms with van der Waals surface area (Å²) in [7, 11) is 0. The Morgan fingerprint density at radius 3 is 2.33 bits per heavy atom. The smallest absolute Gasteiger partial charge is 0.0357 e. The van der Waals surface area contributed by atoms with E-state index in [4.69, 9.17) is 0 Å². The molecule has 0 N–H and O–H groups in total. The fourth-order valence-corrected chi connectivity index (χ4v) is 1.02. The molecule has 0 aliphatic heterocycles. The SMILES string of the molecule is CC/N=C\C(C)CCC(C)(C)C. The Hall–Kier alpha value is -0.330. The standard InChI is InChI=1S/C11H23N/c1-6-12-9-10(2)7-8-11(3,4)5/h9-10H,6-8H2,1-5H3/b12-9-. The molecule has 0 aliphatic carbocycles. The summed E-state index contributed by atoms with van der Waals surface area (Å²) in [5.74, 6) is 0.643. The van der Waals surface area contributed by atoms with E-state index in [9.17, 15) is 0 Å². The molecule has 0 aromatic carbocycles. The molecular formula is C11H23N. The third kappa shape index (κ3) is 7.77. The maximum atomic E-state index is 4.25. The van der Waals surface area contributed by atoms with Gasteiger partial charge in [0, 0.05) is 12.8 Å². The van der Waals surface area contributed by atoms with Crippen molar-refractivity contribution in [1.29, 1.82) is 0 Å². The van der Waals surface area contributed by atoms with Gasteiger partial charge in [0.2, 0.25) is 0 Å². The molecule has 0 fully saturated rings. The van der Waals surface area contributed by atoms with E-state index >= 15 is 0 Å². The lowest BCUT2D eigenvalue weighted by Gasteiger charge is -2.19. The minimum atomic E-state index is 0.467. The normalized spacial score (nSPS) is 15.4. The Kier molecular flexibility index (Phi) is 5.19. The molecule has 0 amide bonds. The van der Waals surface area contributed by atoms with Crippen LogP contribution in [0, 0.1) is 11.3 Å². The molecule has 72 valence electrons. The average Bonchev–Trinajstić information content (AvgIpc) is 1.95. The van der Waals surface area contributed by atoms with Crippen LogP contribution in [-0.4, -0.2) is 12.8 Å². The van der Waals surface area contributed by atoms with Gasteiger partial charge in [-0.15, -0.1) is 0 Å². The number of aliphatic imine (C=N–C) groups is 1. The Bertz CT molecular complexity index is 130. The predicted molar refractivity (Wildman–Crippen MR) is 56.9 cm³/mol. The zero-order valence-electron chi connectivity index (χ0n) is 9.22. The van der Waals surface area contributed by atoms with Crippen molar-refractivity contribution in [3.63, 3.8) is 0 Å². The fourth-order valence-electron chi connectivity index (χ4n) is 1.02. The summed E-state index contributed by atoms with van der Waals surface area (Å²) < 4.78 is 0. The third-order valence-corrected chi connectivity index (χ3v) is 1.89. The minimum Gasteiger partial charge on any atom is -0.298 e. The Balaban J connectivity index is 3.57. The van der Waals surface area contributed by atoms with E-state index < -0.39 is 0 Å². The van der Waals surface area contributed by atoms with Gasteiger partial charge in [-0.2, -0.15) is 0 Å². The second-order valence-electron chi connectivity index (χ2n) is 4.72. The van der Waals surface area contributed by atoms with Gasteiger partial charge < -0.3 is 0 Å². The first kappa shape index (κ1) is 11.7. The third-order valence-electron chi connectivity index (χ3n) is 1.89. The van der Waals surface area contributed by atoms with Crippen LogP contribution in [0.4, 0.5) is 0 Å². The van der Waals surface area contributed by atoms with Crippen LogP contribution in [0.25, 0.3) is 0 Å². The van der Waals surface area contributed by atoms with Gasteiger partial charge in [0.25, 0.3) is 0 Å². The van der Waals surface area contributed by atoms with Crippen LogP contribution < -0.4 is 0 Å². The number of rotatable bonds is 4. The molecular weight excluding hydrogens is 146 g/mol. The number of hydrogen-bond acceptors (Lipinski definition) is 1. The number of hydrogen-bond donors (Lipinski definition) is 0. The Labute approximate surface area is 77.3 Å². The molecule has 0 radical (unpaired) electrons. The van der Waals surface area contributed by atoms with Gasteiger partial charge in [-0.1, -0.05) is 27.7 Å². The summed E-state index contributed by atoms with van der Waals surface area (Å²) in [6.45, 7) is 12.1. The summed E-state index contributed by atoms with van der Waals surface area (Å²) in [6, 6.07) is 0. The van der Waals surface area contributed by atoms with Gasteiger partial charge in [0.15, 0.2) is 0 Å². The average molecular weight is 169 g/mol. The molecule has 0 aromatic rings. The lowest BCUT2D eigenvalue weighted by Crippen LogP contribution is -2.08. The van der Waals surface area contributed by atoms with E-state index in [2.05, 4.69) is 45.8 Å². The fraction of sp³-hybridized carbons (Fsp3) is 0.909. The van der Waals surface area contributed by atoms with Crippen molar-refractivity contribution in [3.8, 4) is 0 Å². The monoisotopic (exact) mass is 169 g/mol. The zero-order valence-corrected chi connectivity index (χ0v) is 9.22. The van der Waals surface area contributed by atoms with Crippen LogP contribution >= 0.6 is 0 Å². The molecule has 0 aliphatic rings. The highest BCUT2D eigenvalue weighted by molar-refractivity contribution is 5.59. The summed E-state index contributed by atoms with van der Waals surface area (Å²) in [5, 5.41) is 0. The minimum absolute atomic E-state index is 0.467. The van der Waals surface area contributed by atoms with Crippen molar-refractivity contribution in [2.75, 3.05) is 6.54 Å². The highest BCUT2D eigenvalue weighted by atomic mass is 14.7. The molecule has 0 heterocycles. The highest BCUT2D eigenvalue weighted by Crippen LogP contribution is 2.22. The Morgan fingerprint density at radius 2 is 1.92 bits per heavy atom. The van der Waals surface area contributed by atoms with Crippen LogP contribution in [0.1, 0.15) is 47.5 Å². The molecule has 0 rings (SSSR count). The van der Waals surface area contributed by atoms with Gasteiger partial charge in [-0.3, -0.25) is 4.99 Å². The van der Waals surface area contributed by atoms with Crippen LogP contribution in [0.5, 0.6) is 0 Å². The Morgan fingerprint density at radius 1 is 1.33 bits per heavy atom. The van der Waals surface area contributed by atoms with Gasteiger partial charge in [-0.25, -0.2) is 0 Å². The molecule has 1 heteroatoms. The van der Waals surface area contributed by atoms with Crippen molar-refractivity contribution in [1.82, 2.24) is 0 Å². The maximum absolute atomic E-state index is 4.25. The van der Waals surface area contributed by atoms with Gasteiger partial charge in [0.05, 0.1) is 0 Å². The van der Waals surface area contributed by atoms with Crippen molar-refractivity contribution in [2.24, 2.45) is 16.3 Å². The second kappa shape index (κ2) is 5.34. The number of nitrogens with zero attached hydrogens (tertiary/aromatic N) is 1. The first-order valence-electron chi connectivity index (χ1n) is 4.95. The molecule has 1 atom stereocenters. The molecule has 1 unspecified atom stereocenters. The highest BCUT2D eigenvalue weighted by Gasteiger charge is 2.11. The summed E-state index contributed by atoms with van der Waals surface area (Å²) in [6.07, 6.45) is 4.63. The van der Waals surface area contributed by atoms with E-state index in [0.717, 1.165) is 6.54 Å². The van der Waals surface area contributed by atoms with E-state index in [1.54, 1.807) is 0 Å². The first-order valence-corrected chi connectivity index (χ1v) is 4.95.